The first-order chi connectivity index (χ1) is 7.67. The molecule has 0 radical (unpaired) electrons. The van der Waals surface area contributed by atoms with Gasteiger partial charge >= 0.3 is 0 Å². The van der Waals surface area contributed by atoms with Crippen molar-refractivity contribution in [1.82, 2.24) is 5.32 Å². The largest absolute Gasteiger partial charge is 0.484 e. The van der Waals surface area contributed by atoms with Gasteiger partial charge in [-0.3, -0.25) is 0 Å². The Morgan fingerprint density at radius 3 is 2.75 bits per heavy atom. The second-order valence-corrected chi connectivity index (χ2v) is 3.33. The highest BCUT2D eigenvalue weighted by molar-refractivity contribution is 5.25. The standard InChI is InChI=1S/C11H15F2NO2/c1-14-6-9(7-15-2)16-11-5-8(12)3-4-10(11)13/h3-5,9,14H,6-7H2,1-2H3. The number of hydrogen-bond donors (Lipinski definition) is 1. The Balaban J connectivity index is 2.71. The van der Waals surface area contributed by atoms with Crippen LogP contribution in [0.3, 0.4) is 0 Å². The molecule has 0 amide bonds. The summed E-state index contributed by atoms with van der Waals surface area (Å²) >= 11 is 0. The number of halogens is 2. The van der Waals surface area contributed by atoms with Crippen molar-refractivity contribution >= 4 is 0 Å². The van der Waals surface area contributed by atoms with E-state index in [0.29, 0.717) is 13.2 Å². The zero-order chi connectivity index (χ0) is 12.0. The van der Waals surface area contributed by atoms with Crippen LogP contribution in [0.15, 0.2) is 18.2 Å². The minimum Gasteiger partial charge on any atom is -0.484 e. The predicted molar refractivity (Wildman–Crippen MR) is 56.6 cm³/mol. The maximum atomic E-state index is 13.3. The maximum Gasteiger partial charge on any atom is 0.165 e. The zero-order valence-corrected chi connectivity index (χ0v) is 9.30. The Morgan fingerprint density at radius 2 is 2.12 bits per heavy atom. The van der Waals surface area contributed by atoms with E-state index < -0.39 is 11.6 Å². The van der Waals surface area contributed by atoms with Crippen molar-refractivity contribution in [3.63, 3.8) is 0 Å². The SMILES string of the molecule is CNCC(COC)Oc1cc(F)ccc1F. The second kappa shape index (κ2) is 6.40. The van der Waals surface area contributed by atoms with E-state index >= 15 is 0 Å². The molecule has 0 aromatic heterocycles. The molecule has 0 saturated heterocycles. The third-order valence-corrected chi connectivity index (χ3v) is 1.97. The molecule has 1 aromatic carbocycles. The number of hydrogen-bond acceptors (Lipinski definition) is 3. The highest BCUT2D eigenvalue weighted by Crippen LogP contribution is 2.19. The molecule has 0 spiro atoms. The molecule has 0 aliphatic rings. The topological polar surface area (TPSA) is 30.5 Å². The molecule has 3 nitrogen and oxygen atoms in total. The van der Waals surface area contributed by atoms with Crippen LogP contribution >= 0.6 is 0 Å². The molecule has 0 aliphatic heterocycles. The summed E-state index contributed by atoms with van der Waals surface area (Å²) < 4.78 is 36.4. The van der Waals surface area contributed by atoms with Gasteiger partial charge in [0, 0.05) is 19.7 Å². The molecule has 5 heteroatoms. The smallest absolute Gasteiger partial charge is 0.165 e. The first kappa shape index (κ1) is 12.9. The van der Waals surface area contributed by atoms with Gasteiger partial charge in [-0.25, -0.2) is 8.78 Å². The lowest BCUT2D eigenvalue weighted by atomic mass is 10.3. The summed E-state index contributed by atoms with van der Waals surface area (Å²) in [5.74, 6) is -1.21. The summed E-state index contributed by atoms with van der Waals surface area (Å²) in [4.78, 5) is 0. The highest BCUT2D eigenvalue weighted by Gasteiger charge is 2.13. The molecule has 0 bridgehead atoms. The van der Waals surface area contributed by atoms with Crippen molar-refractivity contribution in [2.45, 2.75) is 6.10 Å². The molecule has 16 heavy (non-hydrogen) atoms. The Hall–Kier alpha value is -1.20. The number of benzene rings is 1. The van der Waals surface area contributed by atoms with Crippen molar-refractivity contribution in [2.75, 3.05) is 27.3 Å². The lowest BCUT2D eigenvalue weighted by Crippen LogP contribution is -2.33. The Morgan fingerprint density at radius 1 is 1.38 bits per heavy atom. The summed E-state index contributed by atoms with van der Waals surface area (Å²) in [6.07, 6.45) is -0.355. The molecule has 1 aromatic rings. The van der Waals surface area contributed by atoms with Crippen molar-refractivity contribution < 1.29 is 18.3 Å². The van der Waals surface area contributed by atoms with Crippen molar-refractivity contribution in [2.24, 2.45) is 0 Å². The van der Waals surface area contributed by atoms with Gasteiger partial charge in [0.25, 0.3) is 0 Å². The monoisotopic (exact) mass is 231 g/mol. The number of methoxy groups -OCH3 is 1. The minimum absolute atomic E-state index is 0.0997. The van der Waals surface area contributed by atoms with Gasteiger partial charge in [-0.2, -0.15) is 0 Å². The Kier molecular flexibility index (Phi) is 5.14. The van der Waals surface area contributed by atoms with Gasteiger partial charge in [0.15, 0.2) is 11.6 Å². The second-order valence-electron chi connectivity index (χ2n) is 3.33. The molecule has 0 fully saturated rings. The van der Waals surface area contributed by atoms with Gasteiger partial charge in [0.2, 0.25) is 0 Å². The van der Waals surface area contributed by atoms with E-state index in [9.17, 15) is 8.78 Å². The van der Waals surface area contributed by atoms with Gasteiger partial charge in [-0.1, -0.05) is 0 Å². The van der Waals surface area contributed by atoms with Gasteiger partial charge in [0.05, 0.1) is 6.61 Å². The molecule has 0 heterocycles. The van der Waals surface area contributed by atoms with E-state index in [4.69, 9.17) is 9.47 Å². The molecule has 90 valence electrons. The molecule has 1 atom stereocenters. The molecular formula is C11H15F2NO2. The average molecular weight is 231 g/mol. The third kappa shape index (κ3) is 3.75. The normalized spacial score (nSPS) is 12.5. The molecule has 0 saturated carbocycles. The Labute approximate surface area is 93.4 Å². The summed E-state index contributed by atoms with van der Waals surface area (Å²) in [6.45, 7) is 0.792. The molecule has 1 rings (SSSR count). The summed E-state index contributed by atoms with van der Waals surface area (Å²) in [6, 6.07) is 3.10. The van der Waals surface area contributed by atoms with E-state index in [1.165, 1.54) is 7.11 Å². The number of likely N-dealkylation sites (N-methyl/N-ethyl adjacent to an activating group) is 1. The number of nitrogens with one attached hydrogen (secondary N) is 1. The van der Waals surface area contributed by atoms with Crippen LogP contribution in [0.2, 0.25) is 0 Å². The van der Waals surface area contributed by atoms with Gasteiger partial charge in [-0.05, 0) is 19.2 Å². The number of ether oxygens (including phenoxy) is 2. The fraction of sp³-hybridized carbons (Fsp3) is 0.455. The van der Waals surface area contributed by atoms with Gasteiger partial charge < -0.3 is 14.8 Å². The molecule has 1 unspecified atom stereocenters. The van der Waals surface area contributed by atoms with Crippen LogP contribution in [-0.2, 0) is 4.74 Å². The van der Waals surface area contributed by atoms with Crippen LogP contribution in [0.1, 0.15) is 0 Å². The Bertz CT molecular complexity index is 328. The summed E-state index contributed by atoms with van der Waals surface area (Å²) in [5, 5.41) is 2.89. The lowest BCUT2D eigenvalue weighted by molar-refractivity contribution is 0.0788. The van der Waals surface area contributed by atoms with Crippen molar-refractivity contribution in [3.8, 4) is 5.75 Å². The van der Waals surface area contributed by atoms with Crippen LogP contribution in [-0.4, -0.2) is 33.4 Å². The predicted octanol–water partition coefficient (Wildman–Crippen LogP) is 1.58. The van der Waals surface area contributed by atoms with Gasteiger partial charge in [-0.15, -0.1) is 0 Å². The van der Waals surface area contributed by atoms with E-state index in [1.54, 1.807) is 7.05 Å². The van der Waals surface area contributed by atoms with Crippen molar-refractivity contribution in [1.29, 1.82) is 0 Å². The van der Waals surface area contributed by atoms with Crippen LogP contribution in [0, 0.1) is 11.6 Å². The summed E-state index contributed by atoms with van der Waals surface area (Å²) in [5.41, 5.74) is 0. The lowest BCUT2D eigenvalue weighted by Gasteiger charge is -2.18. The third-order valence-electron chi connectivity index (χ3n) is 1.97. The minimum atomic E-state index is -0.585. The van der Waals surface area contributed by atoms with E-state index in [-0.39, 0.29) is 11.9 Å². The quantitative estimate of drug-likeness (QED) is 0.806. The zero-order valence-electron chi connectivity index (χ0n) is 9.30. The molecule has 1 N–H and O–H groups in total. The van der Waals surface area contributed by atoms with E-state index in [0.717, 1.165) is 18.2 Å². The van der Waals surface area contributed by atoms with Crippen LogP contribution in [0.25, 0.3) is 0 Å². The highest BCUT2D eigenvalue weighted by atomic mass is 19.1. The maximum absolute atomic E-state index is 13.3. The van der Waals surface area contributed by atoms with Crippen LogP contribution in [0.5, 0.6) is 5.75 Å². The average Bonchev–Trinajstić information content (AvgIpc) is 2.24. The summed E-state index contributed by atoms with van der Waals surface area (Å²) in [7, 11) is 3.27. The number of rotatable bonds is 6. The fourth-order valence-electron chi connectivity index (χ4n) is 1.30. The molecular weight excluding hydrogens is 216 g/mol. The first-order valence-electron chi connectivity index (χ1n) is 4.92. The van der Waals surface area contributed by atoms with E-state index in [1.807, 2.05) is 0 Å². The molecule has 0 aliphatic carbocycles. The van der Waals surface area contributed by atoms with Gasteiger partial charge in [0.1, 0.15) is 11.9 Å². The van der Waals surface area contributed by atoms with Crippen LogP contribution < -0.4 is 10.1 Å². The van der Waals surface area contributed by atoms with Crippen LogP contribution in [0.4, 0.5) is 8.78 Å². The van der Waals surface area contributed by atoms with Crippen molar-refractivity contribution in [3.05, 3.63) is 29.8 Å². The van der Waals surface area contributed by atoms with E-state index in [2.05, 4.69) is 5.32 Å². The first-order valence-corrected chi connectivity index (χ1v) is 4.92. The fourth-order valence-corrected chi connectivity index (χ4v) is 1.30.